The third kappa shape index (κ3) is 3.19. The lowest BCUT2D eigenvalue weighted by Gasteiger charge is -2.39. The summed E-state index contributed by atoms with van der Waals surface area (Å²) in [7, 11) is 0. The summed E-state index contributed by atoms with van der Waals surface area (Å²) in [5.74, 6) is -0.544. The molecule has 33 heavy (non-hydrogen) atoms. The van der Waals surface area contributed by atoms with Gasteiger partial charge in [0.1, 0.15) is 11.9 Å². The first-order valence-corrected chi connectivity index (χ1v) is 11.2. The molecule has 1 N–H and O–H groups in total. The van der Waals surface area contributed by atoms with Gasteiger partial charge in [-0.3, -0.25) is 9.78 Å². The Balaban J connectivity index is 1.27. The lowest BCUT2D eigenvalue weighted by atomic mass is 9.71. The van der Waals surface area contributed by atoms with Gasteiger partial charge in [-0.2, -0.15) is 0 Å². The number of rotatable bonds is 3. The molecule has 1 amide bonds. The van der Waals surface area contributed by atoms with E-state index in [1.165, 1.54) is 0 Å². The molecule has 1 aliphatic heterocycles. The van der Waals surface area contributed by atoms with Crippen molar-refractivity contribution in [1.29, 1.82) is 0 Å². The maximum atomic E-state index is 13.4. The monoisotopic (exact) mass is 438 g/mol. The average Bonchev–Trinajstić information content (AvgIpc) is 3.42. The number of amides is 1. The number of benzene rings is 2. The van der Waals surface area contributed by atoms with Crippen molar-refractivity contribution in [3.05, 3.63) is 84.4 Å². The molecule has 6 rings (SSSR count). The summed E-state index contributed by atoms with van der Waals surface area (Å²) in [5, 5.41) is 3.98. The molecule has 3 heterocycles. The number of aromatic nitrogens is 3. The van der Waals surface area contributed by atoms with Crippen LogP contribution in [0.25, 0.3) is 16.6 Å². The number of carbonyl (C=O) groups is 2. The van der Waals surface area contributed by atoms with E-state index in [-0.39, 0.29) is 11.9 Å². The molecule has 164 valence electrons. The molecule has 2 atom stereocenters. The second-order valence-corrected chi connectivity index (χ2v) is 8.66. The van der Waals surface area contributed by atoms with Crippen LogP contribution in [-0.4, -0.2) is 26.4 Å². The Morgan fingerprint density at radius 2 is 1.94 bits per heavy atom. The third-order valence-corrected chi connectivity index (χ3v) is 6.76. The van der Waals surface area contributed by atoms with E-state index in [1.807, 2.05) is 53.1 Å². The maximum Gasteiger partial charge on any atom is 0.339 e. The van der Waals surface area contributed by atoms with Crippen LogP contribution < -0.4 is 5.32 Å². The number of anilines is 1. The summed E-state index contributed by atoms with van der Waals surface area (Å²) in [4.78, 5) is 34.8. The highest BCUT2D eigenvalue weighted by Gasteiger charge is 2.54. The maximum absolute atomic E-state index is 13.4. The number of imidazole rings is 1. The van der Waals surface area contributed by atoms with E-state index in [1.54, 1.807) is 24.8 Å². The van der Waals surface area contributed by atoms with Crippen LogP contribution in [0.2, 0.25) is 0 Å². The van der Waals surface area contributed by atoms with Crippen molar-refractivity contribution in [1.82, 2.24) is 14.5 Å². The van der Waals surface area contributed by atoms with E-state index in [9.17, 15) is 9.59 Å². The van der Waals surface area contributed by atoms with Crippen molar-refractivity contribution in [2.75, 3.05) is 5.32 Å². The van der Waals surface area contributed by atoms with E-state index in [2.05, 4.69) is 15.3 Å². The number of pyridine rings is 1. The summed E-state index contributed by atoms with van der Waals surface area (Å²) in [5.41, 5.74) is 2.26. The number of esters is 1. The van der Waals surface area contributed by atoms with Crippen molar-refractivity contribution in [3.8, 4) is 5.69 Å². The lowest BCUT2D eigenvalue weighted by Crippen LogP contribution is -2.45. The van der Waals surface area contributed by atoms with Gasteiger partial charge in [0, 0.05) is 10.9 Å². The molecular formula is C26H22N4O3. The van der Waals surface area contributed by atoms with Gasteiger partial charge in [-0.15, -0.1) is 0 Å². The van der Waals surface area contributed by atoms with Crippen LogP contribution in [-0.2, 0) is 15.1 Å². The second-order valence-electron chi connectivity index (χ2n) is 8.66. The average molecular weight is 438 g/mol. The molecule has 1 aliphatic carbocycles. The Kier molecular flexibility index (Phi) is 4.50. The number of hydrogen-bond donors (Lipinski definition) is 1. The smallest absolute Gasteiger partial charge is 0.339 e. The van der Waals surface area contributed by atoms with Crippen LogP contribution in [0.1, 0.15) is 41.6 Å². The molecule has 2 unspecified atom stereocenters. The van der Waals surface area contributed by atoms with Gasteiger partial charge < -0.3 is 14.6 Å². The summed E-state index contributed by atoms with van der Waals surface area (Å²) >= 11 is 0. The molecule has 7 heteroatoms. The first-order valence-electron chi connectivity index (χ1n) is 11.2. The minimum atomic E-state index is -0.902. The fourth-order valence-corrected chi connectivity index (χ4v) is 5.18. The molecular weight excluding hydrogens is 416 g/mol. The lowest BCUT2D eigenvalue weighted by molar-refractivity contribution is -0.134. The van der Waals surface area contributed by atoms with Gasteiger partial charge in [0.25, 0.3) is 0 Å². The molecule has 1 spiro atoms. The van der Waals surface area contributed by atoms with Crippen molar-refractivity contribution in [2.45, 2.75) is 31.3 Å². The van der Waals surface area contributed by atoms with Crippen LogP contribution in [0.5, 0.6) is 0 Å². The van der Waals surface area contributed by atoms with E-state index in [4.69, 9.17) is 4.74 Å². The van der Waals surface area contributed by atoms with E-state index in [0.29, 0.717) is 24.2 Å². The molecule has 2 aromatic carbocycles. The first-order chi connectivity index (χ1) is 16.1. The number of fused-ring (bicyclic) bond motifs is 3. The van der Waals surface area contributed by atoms with Gasteiger partial charge in [0.15, 0.2) is 5.82 Å². The molecule has 7 nitrogen and oxygen atoms in total. The quantitative estimate of drug-likeness (QED) is 0.472. The highest BCUT2D eigenvalue weighted by atomic mass is 16.6. The number of ether oxygens (including phenoxy) is 1. The van der Waals surface area contributed by atoms with Gasteiger partial charge >= 0.3 is 5.97 Å². The molecule has 1 saturated carbocycles. The summed E-state index contributed by atoms with van der Waals surface area (Å²) in [6, 6.07) is 17.3. The highest BCUT2D eigenvalue weighted by Crippen LogP contribution is 2.50. The highest BCUT2D eigenvalue weighted by molar-refractivity contribution is 5.98. The van der Waals surface area contributed by atoms with Crippen LogP contribution in [0.15, 0.2) is 73.3 Å². The predicted octanol–water partition coefficient (Wildman–Crippen LogP) is 4.62. The Morgan fingerprint density at radius 1 is 1.09 bits per heavy atom. The largest absolute Gasteiger partial charge is 0.450 e. The van der Waals surface area contributed by atoms with E-state index < -0.39 is 11.5 Å². The minimum Gasteiger partial charge on any atom is -0.450 e. The van der Waals surface area contributed by atoms with E-state index in [0.717, 1.165) is 35.0 Å². The SMILES string of the molecule is O=C1OC2(CCCCC2C(=O)Nc2cn(-c3cnc4ccccc4c3)cn2)c2ccccc21. The van der Waals surface area contributed by atoms with Gasteiger partial charge in [0.05, 0.1) is 35.1 Å². The zero-order chi connectivity index (χ0) is 22.4. The summed E-state index contributed by atoms with van der Waals surface area (Å²) in [6.45, 7) is 0. The predicted molar refractivity (Wildman–Crippen MR) is 123 cm³/mol. The van der Waals surface area contributed by atoms with Crippen LogP contribution >= 0.6 is 0 Å². The van der Waals surface area contributed by atoms with Gasteiger partial charge in [-0.25, -0.2) is 9.78 Å². The zero-order valence-electron chi connectivity index (χ0n) is 17.9. The molecule has 0 saturated heterocycles. The topological polar surface area (TPSA) is 86.1 Å². The first kappa shape index (κ1) is 19.7. The van der Waals surface area contributed by atoms with E-state index >= 15 is 0 Å². The molecule has 0 radical (unpaired) electrons. The molecule has 2 aromatic heterocycles. The third-order valence-electron chi connectivity index (χ3n) is 6.76. The van der Waals surface area contributed by atoms with Gasteiger partial charge in [-0.1, -0.05) is 42.8 Å². The van der Waals surface area contributed by atoms with Gasteiger partial charge in [0.2, 0.25) is 5.91 Å². The molecule has 4 aromatic rings. The van der Waals surface area contributed by atoms with Crippen LogP contribution in [0.4, 0.5) is 5.82 Å². The number of nitrogens with one attached hydrogen (secondary N) is 1. The minimum absolute atomic E-state index is 0.180. The van der Waals surface area contributed by atoms with Crippen LogP contribution in [0, 0.1) is 5.92 Å². The second kappa shape index (κ2) is 7.55. The fraction of sp³-hybridized carbons (Fsp3) is 0.231. The fourth-order valence-electron chi connectivity index (χ4n) is 5.18. The number of hydrogen-bond acceptors (Lipinski definition) is 5. The van der Waals surface area contributed by atoms with Crippen molar-refractivity contribution < 1.29 is 14.3 Å². The number of para-hydroxylation sites is 1. The summed E-state index contributed by atoms with van der Waals surface area (Å²) < 4.78 is 7.74. The number of nitrogens with zero attached hydrogens (tertiary/aromatic N) is 3. The Hall–Kier alpha value is -4.00. The standard InChI is InChI=1S/C26H22N4O3/c31-24(21-10-5-6-12-26(21)20-9-3-2-8-19(20)25(32)33-26)29-23-15-30(16-28-23)18-13-17-7-1-4-11-22(17)27-14-18/h1-4,7-9,11,13-16,21H,5-6,10,12H2,(H,29,31). The Morgan fingerprint density at radius 3 is 2.88 bits per heavy atom. The molecule has 0 bridgehead atoms. The van der Waals surface area contributed by atoms with Crippen LogP contribution in [0.3, 0.4) is 0 Å². The summed E-state index contributed by atoms with van der Waals surface area (Å²) in [6.07, 6.45) is 8.33. The number of carbonyl (C=O) groups excluding carboxylic acids is 2. The van der Waals surface area contributed by atoms with Crippen molar-refractivity contribution >= 4 is 28.6 Å². The zero-order valence-corrected chi connectivity index (χ0v) is 17.9. The van der Waals surface area contributed by atoms with Crippen molar-refractivity contribution in [3.63, 3.8) is 0 Å². The molecule has 1 fully saturated rings. The Labute approximate surface area is 190 Å². The van der Waals surface area contributed by atoms with Crippen molar-refractivity contribution in [2.24, 2.45) is 5.92 Å². The molecule has 2 aliphatic rings. The Bertz CT molecular complexity index is 1400. The van der Waals surface area contributed by atoms with Gasteiger partial charge in [-0.05, 0) is 37.5 Å². The normalized spacial score (nSPS) is 21.7.